The fourth-order valence-corrected chi connectivity index (χ4v) is 3.87. The topological polar surface area (TPSA) is 73.0 Å². The first-order chi connectivity index (χ1) is 7.12. The highest BCUT2D eigenvalue weighted by Gasteiger charge is 2.32. The van der Waals surface area contributed by atoms with Crippen LogP contribution in [-0.2, 0) is 9.84 Å². The Balaban J connectivity index is 2.41. The number of sulfone groups is 1. The Morgan fingerprint density at radius 2 is 2.00 bits per heavy atom. The van der Waals surface area contributed by atoms with Gasteiger partial charge in [0.15, 0.2) is 5.03 Å². The fraction of sp³-hybridized carbons (Fsp3) is 0.500. The monoisotopic (exact) mass is 226 g/mol. The minimum atomic E-state index is -3.31. The molecule has 0 saturated heterocycles. The van der Waals surface area contributed by atoms with Gasteiger partial charge in [-0.3, -0.25) is 0 Å². The first-order valence-corrected chi connectivity index (χ1v) is 6.61. The summed E-state index contributed by atoms with van der Waals surface area (Å²) in [7, 11) is -3.31. The third kappa shape index (κ3) is 1.84. The average Bonchev–Trinajstić information content (AvgIpc) is 2.71. The quantitative estimate of drug-likeness (QED) is 0.826. The fourth-order valence-electron chi connectivity index (χ4n) is 2.00. The van der Waals surface area contributed by atoms with Crippen LogP contribution in [0.3, 0.4) is 0 Å². The molecule has 15 heavy (non-hydrogen) atoms. The number of anilines is 1. The lowest BCUT2D eigenvalue weighted by molar-refractivity contribution is 0.576. The van der Waals surface area contributed by atoms with Crippen LogP contribution in [0.5, 0.6) is 0 Å². The Morgan fingerprint density at radius 3 is 2.60 bits per heavy atom. The molecule has 1 aromatic heterocycles. The van der Waals surface area contributed by atoms with E-state index in [2.05, 4.69) is 4.98 Å². The zero-order chi connectivity index (χ0) is 10.9. The van der Waals surface area contributed by atoms with E-state index in [4.69, 9.17) is 5.73 Å². The van der Waals surface area contributed by atoms with Crippen LogP contribution in [0.4, 0.5) is 5.69 Å². The lowest BCUT2D eigenvalue weighted by atomic mass is 10.4. The van der Waals surface area contributed by atoms with Gasteiger partial charge < -0.3 is 5.73 Å². The molecule has 2 rings (SSSR count). The largest absolute Gasteiger partial charge is 0.396 e. The van der Waals surface area contributed by atoms with E-state index in [1.165, 1.54) is 6.20 Å². The van der Waals surface area contributed by atoms with E-state index in [-0.39, 0.29) is 16.0 Å². The van der Waals surface area contributed by atoms with E-state index in [0.29, 0.717) is 0 Å². The van der Waals surface area contributed by atoms with Crippen LogP contribution >= 0.6 is 0 Å². The molecule has 0 unspecified atom stereocenters. The van der Waals surface area contributed by atoms with Gasteiger partial charge in [-0.05, 0) is 25.0 Å². The Hall–Kier alpha value is -1.10. The minimum Gasteiger partial charge on any atom is -0.396 e. The van der Waals surface area contributed by atoms with Crippen LogP contribution in [0, 0.1) is 0 Å². The van der Waals surface area contributed by atoms with E-state index < -0.39 is 9.84 Å². The first-order valence-electron chi connectivity index (χ1n) is 5.07. The van der Waals surface area contributed by atoms with Crippen molar-refractivity contribution in [2.75, 3.05) is 5.73 Å². The van der Waals surface area contributed by atoms with Gasteiger partial charge in [0.25, 0.3) is 0 Å². The van der Waals surface area contributed by atoms with Crippen LogP contribution in [0.2, 0.25) is 0 Å². The molecule has 4 nitrogen and oxygen atoms in total. The van der Waals surface area contributed by atoms with Gasteiger partial charge in [0.2, 0.25) is 9.84 Å². The van der Waals surface area contributed by atoms with Gasteiger partial charge in [-0.25, -0.2) is 13.4 Å². The molecule has 1 fully saturated rings. The van der Waals surface area contributed by atoms with Gasteiger partial charge in [-0.15, -0.1) is 0 Å². The van der Waals surface area contributed by atoms with Gasteiger partial charge >= 0.3 is 0 Å². The summed E-state index contributed by atoms with van der Waals surface area (Å²) >= 11 is 0. The van der Waals surface area contributed by atoms with E-state index in [1.807, 2.05) is 0 Å². The van der Waals surface area contributed by atoms with Crippen molar-refractivity contribution in [1.82, 2.24) is 4.98 Å². The molecular weight excluding hydrogens is 212 g/mol. The van der Waals surface area contributed by atoms with Crippen LogP contribution in [-0.4, -0.2) is 18.7 Å². The van der Waals surface area contributed by atoms with E-state index in [9.17, 15) is 8.42 Å². The summed E-state index contributed by atoms with van der Waals surface area (Å²) in [5.74, 6) is 0. The molecule has 1 aliphatic rings. The highest BCUT2D eigenvalue weighted by atomic mass is 32.2. The maximum absolute atomic E-state index is 12.1. The zero-order valence-corrected chi connectivity index (χ0v) is 9.20. The minimum absolute atomic E-state index is 0.0527. The van der Waals surface area contributed by atoms with Crippen molar-refractivity contribution in [3.05, 3.63) is 18.3 Å². The van der Waals surface area contributed by atoms with Crippen molar-refractivity contribution < 1.29 is 8.42 Å². The second-order valence-electron chi connectivity index (χ2n) is 3.85. The number of nitrogen functional groups attached to an aromatic ring is 1. The summed E-state index contributed by atoms with van der Waals surface area (Å²) in [6.45, 7) is 0. The van der Waals surface area contributed by atoms with E-state index in [1.54, 1.807) is 12.1 Å². The predicted molar refractivity (Wildman–Crippen MR) is 58.1 cm³/mol. The molecule has 0 amide bonds. The van der Waals surface area contributed by atoms with Crippen LogP contribution in [0.25, 0.3) is 0 Å². The highest BCUT2D eigenvalue weighted by molar-refractivity contribution is 7.92. The standard InChI is InChI=1S/C10H14N2O2S/c11-9-6-3-7-12-10(9)15(13,14)8-4-1-2-5-8/h3,6-8H,1-2,4-5,11H2. The van der Waals surface area contributed by atoms with Crippen molar-refractivity contribution in [3.63, 3.8) is 0 Å². The van der Waals surface area contributed by atoms with Gasteiger partial charge in [-0.2, -0.15) is 0 Å². The van der Waals surface area contributed by atoms with Crippen molar-refractivity contribution in [3.8, 4) is 0 Å². The predicted octanol–water partition coefficient (Wildman–Crippen LogP) is 1.38. The Labute approximate surface area is 89.4 Å². The third-order valence-electron chi connectivity index (χ3n) is 2.81. The average molecular weight is 226 g/mol. The molecule has 1 heterocycles. The van der Waals surface area contributed by atoms with Gasteiger partial charge in [-0.1, -0.05) is 12.8 Å². The molecule has 1 aliphatic carbocycles. The van der Waals surface area contributed by atoms with Crippen LogP contribution in [0.1, 0.15) is 25.7 Å². The number of aromatic nitrogens is 1. The second-order valence-corrected chi connectivity index (χ2v) is 5.99. The maximum atomic E-state index is 12.1. The van der Waals surface area contributed by atoms with Crippen molar-refractivity contribution in [2.45, 2.75) is 36.0 Å². The molecule has 0 radical (unpaired) electrons. The van der Waals surface area contributed by atoms with Crippen molar-refractivity contribution >= 4 is 15.5 Å². The lowest BCUT2D eigenvalue weighted by Crippen LogP contribution is -2.20. The molecular formula is C10H14N2O2S. The number of nitrogens with zero attached hydrogens (tertiary/aromatic N) is 1. The van der Waals surface area contributed by atoms with Crippen molar-refractivity contribution in [2.24, 2.45) is 0 Å². The van der Waals surface area contributed by atoms with E-state index >= 15 is 0 Å². The molecule has 1 saturated carbocycles. The lowest BCUT2D eigenvalue weighted by Gasteiger charge is -2.11. The number of rotatable bonds is 2. The molecule has 0 aromatic carbocycles. The molecule has 0 spiro atoms. The third-order valence-corrected chi connectivity index (χ3v) is 5.04. The van der Waals surface area contributed by atoms with Gasteiger partial charge in [0.05, 0.1) is 10.9 Å². The zero-order valence-electron chi connectivity index (χ0n) is 8.39. The summed E-state index contributed by atoms with van der Waals surface area (Å²) in [6.07, 6.45) is 4.90. The van der Waals surface area contributed by atoms with Crippen LogP contribution in [0.15, 0.2) is 23.4 Å². The Bertz CT molecular complexity index is 450. The first kappa shape index (κ1) is 10.4. The summed E-state index contributed by atoms with van der Waals surface area (Å²) in [5, 5.41) is -0.230. The number of nitrogens with two attached hydrogens (primary N) is 1. The maximum Gasteiger partial charge on any atom is 0.200 e. The SMILES string of the molecule is Nc1cccnc1S(=O)(=O)C1CCCC1. The molecule has 5 heteroatoms. The molecule has 0 bridgehead atoms. The number of hydrogen-bond donors (Lipinski definition) is 1. The molecule has 0 aliphatic heterocycles. The van der Waals surface area contributed by atoms with Gasteiger partial charge in [0.1, 0.15) is 0 Å². The molecule has 0 atom stereocenters. The summed E-state index contributed by atoms with van der Waals surface area (Å²) < 4.78 is 24.2. The van der Waals surface area contributed by atoms with Crippen molar-refractivity contribution in [1.29, 1.82) is 0 Å². The number of hydrogen-bond acceptors (Lipinski definition) is 4. The Morgan fingerprint density at radius 1 is 1.33 bits per heavy atom. The van der Waals surface area contributed by atoms with Crippen LogP contribution < -0.4 is 5.73 Å². The second kappa shape index (κ2) is 3.81. The Kier molecular flexibility index (Phi) is 2.65. The summed E-state index contributed by atoms with van der Waals surface area (Å²) in [4.78, 5) is 3.88. The summed E-state index contributed by atoms with van der Waals surface area (Å²) in [5.41, 5.74) is 5.89. The van der Waals surface area contributed by atoms with E-state index in [0.717, 1.165) is 25.7 Å². The van der Waals surface area contributed by atoms with Gasteiger partial charge in [0, 0.05) is 6.20 Å². The molecule has 1 aromatic rings. The summed E-state index contributed by atoms with van der Waals surface area (Å²) in [6, 6.07) is 3.22. The normalized spacial score (nSPS) is 18.1. The number of pyridine rings is 1. The molecule has 2 N–H and O–H groups in total. The smallest absolute Gasteiger partial charge is 0.200 e. The molecule has 82 valence electrons. The highest BCUT2D eigenvalue weighted by Crippen LogP contribution is 2.30.